The predicted molar refractivity (Wildman–Crippen MR) is 63.8 cm³/mol. The molecule has 0 bridgehead atoms. The van der Waals surface area contributed by atoms with Crippen LogP contribution in [-0.4, -0.2) is 16.4 Å². The number of nitrogens with two attached hydrogens (primary N) is 1. The number of benzene rings is 1. The standard InChI is InChI=1S/C8H9ClN4OS/c9-6-1-2-7(14)5(3-6)4-11-13-8(15)12-10/h1-4,14H,10H2,(H2,12,13,15)/b11-4-. The van der Waals surface area contributed by atoms with E-state index in [4.69, 9.17) is 17.4 Å². The highest BCUT2D eigenvalue weighted by Crippen LogP contribution is 2.19. The Hall–Kier alpha value is -1.37. The summed E-state index contributed by atoms with van der Waals surface area (Å²) in [5.74, 6) is 5.09. The quantitative estimate of drug-likeness (QED) is 0.267. The highest BCUT2D eigenvalue weighted by molar-refractivity contribution is 7.80. The Morgan fingerprint density at radius 1 is 1.60 bits per heavy atom. The van der Waals surface area contributed by atoms with E-state index in [0.29, 0.717) is 10.6 Å². The summed E-state index contributed by atoms with van der Waals surface area (Å²) in [5.41, 5.74) is 5.11. The van der Waals surface area contributed by atoms with Crippen molar-refractivity contribution in [1.82, 2.24) is 10.9 Å². The predicted octanol–water partition coefficient (Wildman–Crippen LogP) is 0.717. The van der Waals surface area contributed by atoms with Gasteiger partial charge in [-0.25, -0.2) is 5.84 Å². The van der Waals surface area contributed by atoms with Gasteiger partial charge in [0.15, 0.2) is 0 Å². The zero-order chi connectivity index (χ0) is 11.3. The molecule has 0 heterocycles. The van der Waals surface area contributed by atoms with Crippen molar-refractivity contribution in [2.24, 2.45) is 10.9 Å². The first-order valence-corrected chi connectivity index (χ1v) is 4.70. The van der Waals surface area contributed by atoms with Crippen LogP contribution in [0.4, 0.5) is 0 Å². The molecule has 0 spiro atoms. The lowest BCUT2D eigenvalue weighted by Crippen LogP contribution is -2.37. The third-order valence-electron chi connectivity index (χ3n) is 1.49. The fraction of sp³-hybridized carbons (Fsp3) is 0. The van der Waals surface area contributed by atoms with Gasteiger partial charge in [-0.05, 0) is 30.4 Å². The Morgan fingerprint density at radius 2 is 2.33 bits per heavy atom. The number of hydrazone groups is 1. The van der Waals surface area contributed by atoms with Crippen molar-refractivity contribution in [2.75, 3.05) is 0 Å². The first-order chi connectivity index (χ1) is 7.13. The summed E-state index contributed by atoms with van der Waals surface area (Å²) in [6.45, 7) is 0. The minimum Gasteiger partial charge on any atom is -0.507 e. The minimum atomic E-state index is 0.0802. The molecule has 0 saturated carbocycles. The molecule has 0 aliphatic carbocycles. The van der Waals surface area contributed by atoms with Crippen LogP contribution in [0.3, 0.4) is 0 Å². The topological polar surface area (TPSA) is 82.7 Å². The molecule has 0 aliphatic rings. The molecule has 0 atom stereocenters. The molecule has 0 saturated heterocycles. The van der Waals surface area contributed by atoms with E-state index in [0.717, 1.165) is 0 Å². The number of rotatable bonds is 2. The van der Waals surface area contributed by atoms with E-state index in [1.807, 2.05) is 0 Å². The number of phenols is 1. The van der Waals surface area contributed by atoms with Crippen LogP contribution in [0.1, 0.15) is 5.56 Å². The van der Waals surface area contributed by atoms with Gasteiger partial charge in [0, 0.05) is 10.6 Å². The summed E-state index contributed by atoms with van der Waals surface area (Å²) in [6.07, 6.45) is 1.38. The second kappa shape index (κ2) is 5.50. The number of hydrazine groups is 1. The molecule has 1 aromatic carbocycles. The Balaban J connectivity index is 2.71. The lowest BCUT2D eigenvalue weighted by Gasteiger charge is -2.01. The summed E-state index contributed by atoms with van der Waals surface area (Å²) in [5, 5.41) is 13.8. The molecule has 0 aromatic heterocycles. The molecular weight excluding hydrogens is 236 g/mol. The van der Waals surface area contributed by atoms with Gasteiger partial charge < -0.3 is 5.11 Å². The maximum Gasteiger partial charge on any atom is 0.201 e. The summed E-state index contributed by atoms with van der Waals surface area (Å²) < 4.78 is 0. The molecule has 15 heavy (non-hydrogen) atoms. The molecule has 80 valence electrons. The number of nitrogens with zero attached hydrogens (tertiary/aromatic N) is 1. The van der Waals surface area contributed by atoms with Gasteiger partial charge in [0.1, 0.15) is 5.75 Å². The average Bonchev–Trinajstić information content (AvgIpc) is 2.23. The van der Waals surface area contributed by atoms with Crippen molar-refractivity contribution in [3.8, 4) is 5.75 Å². The Morgan fingerprint density at radius 3 is 3.00 bits per heavy atom. The van der Waals surface area contributed by atoms with Gasteiger partial charge >= 0.3 is 0 Å². The van der Waals surface area contributed by atoms with E-state index in [-0.39, 0.29) is 10.9 Å². The van der Waals surface area contributed by atoms with Crippen LogP contribution < -0.4 is 16.7 Å². The van der Waals surface area contributed by atoms with E-state index in [9.17, 15) is 5.11 Å². The van der Waals surface area contributed by atoms with Gasteiger partial charge in [-0.15, -0.1) is 0 Å². The molecule has 0 radical (unpaired) electrons. The first kappa shape index (κ1) is 11.7. The van der Waals surface area contributed by atoms with Crippen LogP contribution >= 0.6 is 23.8 Å². The lowest BCUT2D eigenvalue weighted by molar-refractivity contribution is 0.474. The van der Waals surface area contributed by atoms with Crippen LogP contribution in [0, 0.1) is 0 Å². The van der Waals surface area contributed by atoms with Crippen molar-refractivity contribution in [3.63, 3.8) is 0 Å². The van der Waals surface area contributed by atoms with E-state index in [1.54, 1.807) is 12.1 Å². The molecule has 5 nitrogen and oxygen atoms in total. The maximum atomic E-state index is 9.41. The fourth-order valence-electron chi connectivity index (χ4n) is 0.821. The first-order valence-electron chi connectivity index (χ1n) is 3.91. The molecule has 1 rings (SSSR count). The summed E-state index contributed by atoms with van der Waals surface area (Å²) in [4.78, 5) is 0. The van der Waals surface area contributed by atoms with Crippen LogP contribution in [0.5, 0.6) is 5.75 Å². The Bertz CT molecular complexity index is 396. The second-order valence-corrected chi connectivity index (χ2v) is 3.39. The Kier molecular flexibility index (Phi) is 4.29. The molecule has 0 aliphatic heterocycles. The summed E-state index contributed by atoms with van der Waals surface area (Å²) >= 11 is 10.4. The number of nitrogens with one attached hydrogen (secondary N) is 2. The van der Waals surface area contributed by atoms with E-state index >= 15 is 0 Å². The van der Waals surface area contributed by atoms with Gasteiger partial charge in [0.05, 0.1) is 6.21 Å². The molecule has 7 heteroatoms. The van der Waals surface area contributed by atoms with Crippen LogP contribution in [0.2, 0.25) is 5.02 Å². The Labute approximate surface area is 96.9 Å². The maximum absolute atomic E-state index is 9.41. The SMILES string of the molecule is NNC(=S)N/N=C\c1cc(Cl)ccc1O. The number of aromatic hydroxyl groups is 1. The molecule has 5 N–H and O–H groups in total. The van der Waals surface area contributed by atoms with E-state index in [2.05, 4.69) is 28.2 Å². The highest BCUT2D eigenvalue weighted by atomic mass is 35.5. The molecule has 0 unspecified atom stereocenters. The van der Waals surface area contributed by atoms with Gasteiger partial charge in [-0.1, -0.05) is 11.6 Å². The zero-order valence-corrected chi connectivity index (χ0v) is 9.14. The minimum absolute atomic E-state index is 0.0802. The fourth-order valence-corrected chi connectivity index (χ4v) is 1.05. The van der Waals surface area contributed by atoms with Crippen molar-refractivity contribution >= 4 is 35.1 Å². The number of hydrogen-bond acceptors (Lipinski definition) is 4. The van der Waals surface area contributed by atoms with Gasteiger partial charge in [-0.3, -0.25) is 10.9 Å². The van der Waals surface area contributed by atoms with Crippen LogP contribution in [0.25, 0.3) is 0 Å². The molecule has 0 amide bonds. The largest absolute Gasteiger partial charge is 0.507 e. The van der Waals surface area contributed by atoms with Crippen LogP contribution in [0.15, 0.2) is 23.3 Å². The highest BCUT2D eigenvalue weighted by Gasteiger charge is 1.98. The monoisotopic (exact) mass is 244 g/mol. The molecule has 1 aromatic rings. The van der Waals surface area contributed by atoms with Crippen molar-refractivity contribution in [2.45, 2.75) is 0 Å². The normalized spacial score (nSPS) is 10.3. The molecular formula is C8H9ClN4OS. The second-order valence-electron chi connectivity index (χ2n) is 2.55. The number of hydrogen-bond donors (Lipinski definition) is 4. The van der Waals surface area contributed by atoms with Crippen LogP contribution in [-0.2, 0) is 0 Å². The van der Waals surface area contributed by atoms with Gasteiger partial charge in [-0.2, -0.15) is 5.10 Å². The van der Waals surface area contributed by atoms with Crippen molar-refractivity contribution in [3.05, 3.63) is 28.8 Å². The molecule has 0 fully saturated rings. The number of phenolic OH excluding ortho intramolecular Hbond substituents is 1. The third kappa shape index (κ3) is 3.70. The van der Waals surface area contributed by atoms with Crippen molar-refractivity contribution < 1.29 is 5.11 Å². The van der Waals surface area contributed by atoms with E-state index < -0.39 is 0 Å². The lowest BCUT2D eigenvalue weighted by atomic mass is 10.2. The van der Waals surface area contributed by atoms with Gasteiger partial charge in [0.2, 0.25) is 5.11 Å². The summed E-state index contributed by atoms with van der Waals surface area (Å²) in [6, 6.07) is 4.62. The third-order valence-corrected chi connectivity index (χ3v) is 1.93. The van der Waals surface area contributed by atoms with E-state index in [1.165, 1.54) is 12.3 Å². The average molecular weight is 245 g/mol. The zero-order valence-electron chi connectivity index (χ0n) is 7.57. The van der Waals surface area contributed by atoms with Gasteiger partial charge in [0.25, 0.3) is 0 Å². The number of halogens is 1. The number of thiocarbonyl (C=S) groups is 1. The van der Waals surface area contributed by atoms with Crippen molar-refractivity contribution in [1.29, 1.82) is 0 Å². The smallest absolute Gasteiger partial charge is 0.201 e. The summed E-state index contributed by atoms with van der Waals surface area (Å²) in [7, 11) is 0.